The molecule has 0 unspecified atom stereocenters. The van der Waals surface area contributed by atoms with E-state index in [0.29, 0.717) is 29.6 Å². The second-order valence-corrected chi connectivity index (χ2v) is 8.59. The Bertz CT molecular complexity index is 1180. The summed E-state index contributed by atoms with van der Waals surface area (Å²) in [6.07, 6.45) is 2.22. The van der Waals surface area contributed by atoms with Gasteiger partial charge in [-0.3, -0.25) is 0 Å². The van der Waals surface area contributed by atoms with E-state index in [1.807, 2.05) is 12.1 Å². The normalized spacial score (nSPS) is 15.0. The van der Waals surface area contributed by atoms with Gasteiger partial charge in [0.15, 0.2) is 17.3 Å². The van der Waals surface area contributed by atoms with Gasteiger partial charge in [0.2, 0.25) is 5.95 Å². The number of hydrogen-bond donors (Lipinski definition) is 2. The Morgan fingerprint density at radius 3 is 2.91 bits per heavy atom. The molecule has 0 aliphatic carbocycles. The summed E-state index contributed by atoms with van der Waals surface area (Å²) in [6, 6.07) is 10.2. The molecule has 33 heavy (non-hydrogen) atoms. The molecule has 3 aromatic rings. The van der Waals surface area contributed by atoms with Crippen LogP contribution in [0.5, 0.6) is 11.5 Å². The van der Waals surface area contributed by atoms with Crippen molar-refractivity contribution in [3.8, 4) is 22.8 Å². The summed E-state index contributed by atoms with van der Waals surface area (Å²) in [5, 5.41) is 6.61. The van der Waals surface area contributed by atoms with E-state index in [4.69, 9.17) is 9.47 Å². The van der Waals surface area contributed by atoms with Crippen LogP contribution in [-0.4, -0.2) is 42.8 Å². The number of fused-ring (bicyclic) bond motifs is 2. The van der Waals surface area contributed by atoms with Gasteiger partial charge in [-0.05, 0) is 62.2 Å². The Balaban J connectivity index is 1.51. The maximum absolute atomic E-state index is 14.9. The predicted octanol–water partition coefficient (Wildman–Crippen LogP) is 4.29. The molecule has 172 valence electrons. The van der Waals surface area contributed by atoms with Crippen LogP contribution < -0.4 is 25.0 Å². The summed E-state index contributed by atoms with van der Waals surface area (Å²) in [5.41, 5.74) is 5.17. The van der Waals surface area contributed by atoms with Gasteiger partial charge in [0.1, 0.15) is 12.3 Å². The van der Waals surface area contributed by atoms with E-state index in [1.54, 1.807) is 13.2 Å². The molecule has 1 aromatic heterocycles. The molecule has 0 spiro atoms. The van der Waals surface area contributed by atoms with Gasteiger partial charge >= 0.3 is 0 Å². The van der Waals surface area contributed by atoms with Crippen molar-refractivity contribution in [2.75, 3.05) is 37.0 Å². The lowest BCUT2D eigenvalue weighted by molar-refractivity contribution is 0.282. The maximum atomic E-state index is 14.9. The first-order valence-electron chi connectivity index (χ1n) is 11.3. The van der Waals surface area contributed by atoms with Crippen LogP contribution in [0.15, 0.2) is 36.5 Å². The first-order valence-corrected chi connectivity index (χ1v) is 11.3. The number of nitrogens with one attached hydrogen (secondary N) is 2. The first kappa shape index (κ1) is 21.5. The zero-order chi connectivity index (χ0) is 22.9. The topological polar surface area (TPSA) is 71.5 Å². The number of anilines is 3. The van der Waals surface area contributed by atoms with Crippen molar-refractivity contribution in [2.45, 2.75) is 32.9 Å². The van der Waals surface area contributed by atoms with E-state index >= 15 is 0 Å². The highest BCUT2D eigenvalue weighted by molar-refractivity contribution is 5.77. The average Bonchev–Trinajstić information content (AvgIpc) is 2.84. The molecular formula is C25H28FN5O2. The summed E-state index contributed by atoms with van der Waals surface area (Å²) in [5.74, 6) is 1.08. The summed E-state index contributed by atoms with van der Waals surface area (Å²) < 4.78 is 26.4. The lowest BCUT2D eigenvalue weighted by Gasteiger charge is -2.35. The average molecular weight is 450 g/mol. The van der Waals surface area contributed by atoms with Crippen LogP contribution >= 0.6 is 0 Å². The first-order chi connectivity index (χ1) is 16.0. The zero-order valence-electron chi connectivity index (χ0n) is 19.1. The standard InChI is InChI=1S/C25H28FN5O2/c1-15(2)31-8-9-33-24-21(31)11-17(12-22(24)32-3)23-20(26)14-28-25(30-23)29-19-5-4-16-6-7-27-13-18(16)10-19/h4-5,10-12,14-15,27H,6-9,13H2,1-3H3,(H,28,29,30). The van der Waals surface area contributed by atoms with Crippen molar-refractivity contribution in [3.05, 3.63) is 53.5 Å². The number of aromatic nitrogens is 2. The molecule has 0 amide bonds. The molecular weight excluding hydrogens is 421 g/mol. The van der Waals surface area contributed by atoms with Crippen LogP contribution in [0, 0.1) is 5.82 Å². The smallest absolute Gasteiger partial charge is 0.227 e. The van der Waals surface area contributed by atoms with Gasteiger partial charge in [0.05, 0.1) is 25.5 Å². The SMILES string of the molecule is COc1cc(-c2nc(Nc3ccc4c(c3)CNCC4)ncc2F)cc2c1OCCN2C(C)C. The van der Waals surface area contributed by atoms with Crippen LogP contribution in [-0.2, 0) is 13.0 Å². The van der Waals surface area contributed by atoms with Crippen molar-refractivity contribution in [2.24, 2.45) is 0 Å². The molecule has 0 saturated carbocycles. The summed E-state index contributed by atoms with van der Waals surface area (Å²) in [6.45, 7) is 7.40. The summed E-state index contributed by atoms with van der Waals surface area (Å²) in [4.78, 5) is 10.9. The minimum atomic E-state index is -0.495. The molecule has 2 N–H and O–H groups in total. The van der Waals surface area contributed by atoms with E-state index in [-0.39, 0.29) is 11.7 Å². The van der Waals surface area contributed by atoms with Gasteiger partial charge in [0, 0.05) is 23.8 Å². The highest BCUT2D eigenvalue weighted by Gasteiger charge is 2.26. The van der Waals surface area contributed by atoms with Crippen molar-refractivity contribution in [1.29, 1.82) is 0 Å². The van der Waals surface area contributed by atoms with E-state index in [9.17, 15) is 4.39 Å². The summed E-state index contributed by atoms with van der Waals surface area (Å²) in [7, 11) is 1.59. The molecule has 2 aliphatic heterocycles. The second-order valence-electron chi connectivity index (χ2n) is 8.59. The molecule has 5 rings (SSSR count). The maximum Gasteiger partial charge on any atom is 0.227 e. The van der Waals surface area contributed by atoms with Crippen molar-refractivity contribution in [3.63, 3.8) is 0 Å². The Kier molecular flexibility index (Phi) is 5.76. The van der Waals surface area contributed by atoms with E-state index < -0.39 is 5.82 Å². The molecule has 8 heteroatoms. The number of ether oxygens (including phenoxy) is 2. The van der Waals surface area contributed by atoms with Gasteiger partial charge in [-0.25, -0.2) is 14.4 Å². The molecule has 0 fully saturated rings. The molecule has 2 aliphatic rings. The molecule has 7 nitrogen and oxygen atoms in total. The highest BCUT2D eigenvalue weighted by atomic mass is 19.1. The number of benzene rings is 2. The second kappa shape index (κ2) is 8.86. The minimum absolute atomic E-state index is 0.211. The number of halogens is 1. The minimum Gasteiger partial charge on any atom is -0.493 e. The van der Waals surface area contributed by atoms with Gasteiger partial charge in [0.25, 0.3) is 0 Å². The van der Waals surface area contributed by atoms with Gasteiger partial charge in [-0.15, -0.1) is 0 Å². The zero-order valence-corrected chi connectivity index (χ0v) is 19.1. The quantitative estimate of drug-likeness (QED) is 0.602. The van der Waals surface area contributed by atoms with E-state index in [2.05, 4.69) is 51.5 Å². The molecule has 0 radical (unpaired) electrons. The Hall–Kier alpha value is -3.39. The fraction of sp³-hybridized carbons (Fsp3) is 0.360. The van der Waals surface area contributed by atoms with E-state index in [0.717, 1.165) is 37.4 Å². The van der Waals surface area contributed by atoms with Crippen molar-refractivity contribution < 1.29 is 13.9 Å². The van der Waals surface area contributed by atoms with Crippen molar-refractivity contribution >= 4 is 17.3 Å². The number of nitrogens with zero attached hydrogens (tertiary/aromatic N) is 3. The fourth-order valence-corrected chi connectivity index (χ4v) is 4.45. The van der Waals surface area contributed by atoms with Gasteiger partial charge in [-0.2, -0.15) is 0 Å². The third-order valence-electron chi connectivity index (χ3n) is 6.13. The third-order valence-corrected chi connectivity index (χ3v) is 6.13. The lowest BCUT2D eigenvalue weighted by atomic mass is 10.0. The van der Waals surface area contributed by atoms with Crippen LogP contribution in [0.3, 0.4) is 0 Å². The van der Waals surface area contributed by atoms with Crippen LogP contribution in [0.25, 0.3) is 11.3 Å². The largest absolute Gasteiger partial charge is 0.493 e. The van der Waals surface area contributed by atoms with Gasteiger partial charge in [-0.1, -0.05) is 6.07 Å². The predicted molar refractivity (Wildman–Crippen MR) is 127 cm³/mol. The van der Waals surface area contributed by atoms with Crippen LogP contribution in [0.4, 0.5) is 21.7 Å². The van der Waals surface area contributed by atoms with Crippen LogP contribution in [0.1, 0.15) is 25.0 Å². The lowest BCUT2D eigenvalue weighted by Crippen LogP contribution is -2.38. The highest BCUT2D eigenvalue weighted by Crippen LogP contribution is 2.44. The van der Waals surface area contributed by atoms with E-state index in [1.165, 1.54) is 17.3 Å². The van der Waals surface area contributed by atoms with Gasteiger partial charge < -0.3 is 25.0 Å². The number of rotatable bonds is 5. The summed E-state index contributed by atoms with van der Waals surface area (Å²) >= 11 is 0. The Morgan fingerprint density at radius 2 is 2.09 bits per heavy atom. The molecule has 2 aromatic carbocycles. The Labute approximate surface area is 193 Å². The monoisotopic (exact) mass is 449 g/mol. The van der Waals surface area contributed by atoms with Crippen molar-refractivity contribution in [1.82, 2.24) is 15.3 Å². The molecule has 0 saturated heterocycles. The molecule has 0 atom stereocenters. The fourth-order valence-electron chi connectivity index (χ4n) is 4.45. The van der Waals surface area contributed by atoms with Crippen LogP contribution in [0.2, 0.25) is 0 Å². The number of methoxy groups -OCH3 is 1. The number of hydrogen-bond acceptors (Lipinski definition) is 7. The Morgan fingerprint density at radius 1 is 1.21 bits per heavy atom. The molecule has 0 bridgehead atoms. The molecule has 3 heterocycles. The third kappa shape index (κ3) is 4.18.